The summed E-state index contributed by atoms with van der Waals surface area (Å²) >= 11 is 6.49. The lowest BCUT2D eigenvalue weighted by atomic mass is 10.1. The van der Waals surface area contributed by atoms with Gasteiger partial charge in [-0.05, 0) is 28.8 Å². The first kappa shape index (κ1) is 25.8. The Hall–Kier alpha value is -3.24. The van der Waals surface area contributed by atoms with E-state index in [2.05, 4.69) is 5.32 Å². The number of methoxy groups -OCH3 is 1. The van der Waals surface area contributed by atoms with Crippen LogP contribution in [0, 0.1) is 11.7 Å². The van der Waals surface area contributed by atoms with Crippen LogP contribution in [-0.2, 0) is 35.8 Å². The fourth-order valence-electron chi connectivity index (χ4n) is 4.33. The molecule has 0 spiro atoms. The SMILES string of the molecule is COc1cc2c(c(F)c1OCCCOc1c(O)cc3c(c1Cl)CN(C(=O)C[C@H](C)C(=O)O)C3)CNC2. The Bertz CT molecular complexity index is 1190. The highest BCUT2D eigenvalue weighted by atomic mass is 35.5. The molecule has 3 N–H and O–H groups in total. The topological polar surface area (TPSA) is 118 Å². The second-order valence-corrected chi connectivity index (χ2v) is 9.26. The molecule has 9 nitrogen and oxygen atoms in total. The molecular weight excluding hydrogens is 495 g/mol. The number of carbonyl (C=O) groups excluding carboxylic acids is 1. The average molecular weight is 523 g/mol. The maximum atomic E-state index is 14.8. The van der Waals surface area contributed by atoms with Gasteiger partial charge in [-0.15, -0.1) is 0 Å². The van der Waals surface area contributed by atoms with Crippen LogP contribution in [0.5, 0.6) is 23.0 Å². The molecule has 0 fully saturated rings. The lowest BCUT2D eigenvalue weighted by Gasteiger charge is -2.17. The van der Waals surface area contributed by atoms with Crippen molar-refractivity contribution in [2.24, 2.45) is 5.92 Å². The molecule has 0 unspecified atom stereocenters. The second kappa shape index (κ2) is 10.8. The van der Waals surface area contributed by atoms with Crippen molar-refractivity contribution >= 4 is 23.5 Å². The Labute approximate surface area is 212 Å². The normalized spacial score (nSPS) is 14.8. The number of phenolic OH excluding ortho intramolecular Hbond substituents is 1. The Kier molecular flexibility index (Phi) is 7.75. The number of aromatic hydroxyl groups is 1. The molecule has 4 rings (SSSR count). The van der Waals surface area contributed by atoms with Gasteiger partial charge in [0.2, 0.25) is 5.91 Å². The van der Waals surface area contributed by atoms with Crippen LogP contribution in [0.15, 0.2) is 12.1 Å². The molecule has 2 aromatic carbocycles. The summed E-state index contributed by atoms with van der Waals surface area (Å²) in [6.45, 7) is 3.20. The minimum Gasteiger partial charge on any atom is -0.504 e. The molecule has 0 radical (unpaired) electrons. The molecule has 2 aliphatic rings. The number of hydrogen-bond acceptors (Lipinski definition) is 7. The lowest BCUT2D eigenvalue weighted by molar-refractivity contribution is -0.145. The van der Waals surface area contributed by atoms with Crippen LogP contribution in [0.4, 0.5) is 4.39 Å². The summed E-state index contributed by atoms with van der Waals surface area (Å²) in [5.74, 6) is -2.26. The van der Waals surface area contributed by atoms with E-state index < -0.39 is 17.7 Å². The molecule has 0 aliphatic carbocycles. The van der Waals surface area contributed by atoms with Crippen LogP contribution in [-0.4, -0.2) is 47.3 Å². The zero-order valence-electron chi connectivity index (χ0n) is 20.0. The minimum absolute atomic E-state index is 0.0559. The Morgan fingerprint density at radius 1 is 1.14 bits per heavy atom. The van der Waals surface area contributed by atoms with Gasteiger partial charge in [0.25, 0.3) is 0 Å². The largest absolute Gasteiger partial charge is 0.504 e. The van der Waals surface area contributed by atoms with Gasteiger partial charge in [-0.3, -0.25) is 9.59 Å². The van der Waals surface area contributed by atoms with Gasteiger partial charge in [0.15, 0.2) is 28.8 Å². The smallest absolute Gasteiger partial charge is 0.306 e. The van der Waals surface area contributed by atoms with E-state index in [0.717, 1.165) is 5.56 Å². The van der Waals surface area contributed by atoms with Crippen molar-refractivity contribution in [1.29, 1.82) is 0 Å². The Morgan fingerprint density at radius 2 is 1.86 bits per heavy atom. The number of aliphatic carboxylic acids is 1. The predicted octanol–water partition coefficient (Wildman–Crippen LogP) is 3.60. The highest BCUT2D eigenvalue weighted by Crippen LogP contribution is 2.43. The maximum Gasteiger partial charge on any atom is 0.306 e. The number of carbonyl (C=O) groups is 2. The van der Waals surface area contributed by atoms with E-state index in [0.29, 0.717) is 42.0 Å². The molecule has 2 aliphatic heterocycles. The number of phenols is 1. The molecule has 0 aromatic heterocycles. The standard InChI is InChI=1S/C25H28ClFN2O7/c1-13(25(32)33)6-20(31)29-11-15-7-18(30)23(21(26)17(15)12-29)35-4-3-5-36-24-19(34-2)8-14-9-28-10-16(14)22(24)27/h7-8,13,28,30H,3-6,9-12H2,1-2H3,(H,32,33)/t13-/m0/s1. The van der Waals surface area contributed by atoms with Crippen LogP contribution in [0.25, 0.3) is 0 Å². The molecule has 36 heavy (non-hydrogen) atoms. The van der Waals surface area contributed by atoms with Crippen molar-refractivity contribution in [3.05, 3.63) is 45.2 Å². The van der Waals surface area contributed by atoms with Crippen molar-refractivity contribution in [3.8, 4) is 23.0 Å². The fraction of sp³-hybridized carbons (Fsp3) is 0.440. The van der Waals surface area contributed by atoms with Crippen molar-refractivity contribution < 1.29 is 38.4 Å². The highest BCUT2D eigenvalue weighted by Gasteiger charge is 2.30. The number of hydrogen-bond donors (Lipinski definition) is 3. The molecule has 0 saturated carbocycles. The fourth-order valence-corrected chi connectivity index (χ4v) is 4.66. The highest BCUT2D eigenvalue weighted by molar-refractivity contribution is 6.33. The average Bonchev–Trinajstić information content (AvgIpc) is 3.49. The molecule has 1 amide bonds. The number of amides is 1. The lowest BCUT2D eigenvalue weighted by Crippen LogP contribution is -2.28. The number of nitrogens with one attached hydrogen (secondary N) is 1. The van der Waals surface area contributed by atoms with Gasteiger partial charge in [0, 0.05) is 44.6 Å². The van der Waals surface area contributed by atoms with E-state index in [1.54, 1.807) is 6.07 Å². The number of ether oxygens (including phenoxy) is 3. The third kappa shape index (κ3) is 5.15. The number of fused-ring (bicyclic) bond motifs is 2. The summed E-state index contributed by atoms with van der Waals surface area (Å²) in [7, 11) is 1.46. The summed E-state index contributed by atoms with van der Waals surface area (Å²) < 4.78 is 31.5. The molecule has 1 atom stereocenters. The van der Waals surface area contributed by atoms with Gasteiger partial charge >= 0.3 is 5.97 Å². The van der Waals surface area contributed by atoms with E-state index in [1.807, 2.05) is 0 Å². The van der Waals surface area contributed by atoms with Crippen LogP contribution in [0.2, 0.25) is 5.02 Å². The van der Waals surface area contributed by atoms with Crippen LogP contribution in [0.1, 0.15) is 42.0 Å². The van der Waals surface area contributed by atoms with Gasteiger partial charge in [0.05, 0.1) is 31.3 Å². The number of nitrogens with zero attached hydrogens (tertiary/aromatic N) is 1. The molecule has 0 bridgehead atoms. The molecule has 0 saturated heterocycles. The molecule has 2 heterocycles. The monoisotopic (exact) mass is 522 g/mol. The van der Waals surface area contributed by atoms with Gasteiger partial charge in [-0.1, -0.05) is 18.5 Å². The van der Waals surface area contributed by atoms with Crippen molar-refractivity contribution in [2.75, 3.05) is 20.3 Å². The number of carboxylic acids is 1. The Balaban J connectivity index is 1.34. The summed E-state index contributed by atoms with van der Waals surface area (Å²) in [6.07, 6.45) is 0.255. The minimum atomic E-state index is -1.04. The Morgan fingerprint density at radius 3 is 2.56 bits per heavy atom. The number of benzene rings is 2. The van der Waals surface area contributed by atoms with E-state index in [9.17, 15) is 19.1 Å². The molecule has 11 heteroatoms. The zero-order chi connectivity index (χ0) is 26.0. The first-order valence-electron chi connectivity index (χ1n) is 11.6. The maximum absolute atomic E-state index is 14.8. The number of rotatable bonds is 10. The van der Waals surface area contributed by atoms with Gasteiger partial charge in [0.1, 0.15) is 0 Å². The number of halogens is 2. The van der Waals surface area contributed by atoms with Crippen LogP contribution >= 0.6 is 11.6 Å². The van der Waals surface area contributed by atoms with Gasteiger partial charge in [-0.25, -0.2) is 4.39 Å². The second-order valence-electron chi connectivity index (χ2n) is 8.88. The third-order valence-electron chi connectivity index (χ3n) is 6.36. The molecule has 194 valence electrons. The van der Waals surface area contributed by atoms with Crippen LogP contribution in [0.3, 0.4) is 0 Å². The zero-order valence-corrected chi connectivity index (χ0v) is 20.8. The van der Waals surface area contributed by atoms with Gasteiger partial charge < -0.3 is 34.6 Å². The van der Waals surface area contributed by atoms with E-state index >= 15 is 0 Å². The third-order valence-corrected chi connectivity index (χ3v) is 6.76. The van der Waals surface area contributed by atoms with Crippen molar-refractivity contribution in [2.45, 2.75) is 45.9 Å². The quantitative estimate of drug-likeness (QED) is 0.405. The van der Waals surface area contributed by atoms with Crippen LogP contribution < -0.4 is 19.5 Å². The number of carboxylic acid groups (broad SMARTS) is 1. The predicted molar refractivity (Wildman–Crippen MR) is 128 cm³/mol. The first-order valence-corrected chi connectivity index (χ1v) is 12.0. The molecule has 2 aromatic rings. The van der Waals surface area contributed by atoms with Crippen molar-refractivity contribution in [1.82, 2.24) is 10.2 Å². The molecular formula is C25H28ClFN2O7. The van der Waals surface area contributed by atoms with E-state index in [1.165, 1.54) is 25.0 Å². The van der Waals surface area contributed by atoms with Crippen molar-refractivity contribution in [3.63, 3.8) is 0 Å². The summed E-state index contributed by atoms with van der Waals surface area (Å²) in [4.78, 5) is 25.0. The summed E-state index contributed by atoms with van der Waals surface area (Å²) in [5, 5.41) is 22.8. The first-order chi connectivity index (χ1) is 17.2. The van der Waals surface area contributed by atoms with E-state index in [-0.39, 0.29) is 60.9 Å². The van der Waals surface area contributed by atoms with E-state index in [4.69, 9.17) is 30.9 Å². The summed E-state index contributed by atoms with van der Waals surface area (Å²) in [6, 6.07) is 3.27. The van der Waals surface area contributed by atoms with Gasteiger partial charge in [-0.2, -0.15) is 0 Å². The summed E-state index contributed by atoms with van der Waals surface area (Å²) in [5.41, 5.74) is 2.74.